The van der Waals surface area contributed by atoms with Gasteiger partial charge in [-0.25, -0.2) is 9.78 Å². The van der Waals surface area contributed by atoms with Crippen LogP contribution in [0.3, 0.4) is 0 Å². The summed E-state index contributed by atoms with van der Waals surface area (Å²) in [6.45, 7) is 3.31. The first-order valence-electron chi connectivity index (χ1n) is 6.71. The Morgan fingerprint density at radius 1 is 1.57 bits per heavy atom. The van der Waals surface area contributed by atoms with Crippen LogP contribution in [0.1, 0.15) is 30.1 Å². The molecule has 0 aromatic carbocycles. The van der Waals surface area contributed by atoms with Crippen LogP contribution in [0, 0.1) is 16.0 Å². The molecule has 2 N–H and O–H groups in total. The second-order valence-corrected chi connectivity index (χ2v) is 5.04. The number of aromatic carboxylic acids is 1. The minimum atomic E-state index is -1.24. The van der Waals surface area contributed by atoms with Gasteiger partial charge in [0, 0.05) is 31.5 Å². The van der Waals surface area contributed by atoms with Crippen molar-refractivity contribution in [3.8, 4) is 0 Å². The van der Waals surface area contributed by atoms with Crippen LogP contribution in [0.4, 0.5) is 11.5 Å². The molecule has 114 valence electrons. The fraction of sp³-hybridized carbons (Fsp3) is 0.538. The lowest BCUT2D eigenvalue weighted by molar-refractivity contribution is -0.384. The van der Waals surface area contributed by atoms with E-state index in [1.807, 2.05) is 6.92 Å². The average Bonchev–Trinajstić information content (AvgIpc) is 2.48. The van der Waals surface area contributed by atoms with Gasteiger partial charge in [0.15, 0.2) is 0 Å². The Morgan fingerprint density at radius 2 is 2.24 bits per heavy atom. The highest BCUT2D eigenvalue weighted by Gasteiger charge is 2.25. The van der Waals surface area contributed by atoms with E-state index < -0.39 is 10.9 Å². The summed E-state index contributed by atoms with van der Waals surface area (Å²) in [5, 5.41) is 23.0. The van der Waals surface area contributed by atoms with Crippen molar-refractivity contribution < 1.29 is 19.6 Å². The summed E-state index contributed by atoms with van der Waals surface area (Å²) < 4.78 is 5.29. The number of carboxylic acid groups (broad SMARTS) is 1. The molecular weight excluding hydrogens is 278 g/mol. The van der Waals surface area contributed by atoms with E-state index in [0.29, 0.717) is 19.1 Å². The van der Waals surface area contributed by atoms with Gasteiger partial charge in [-0.3, -0.25) is 10.1 Å². The quantitative estimate of drug-likeness (QED) is 0.629. The summed E-state index contributed by atoms with van der Waals surface area (Å²) >= 11 is 0. The highest BCUT2D eigenvalue weighted by atomic mass is 16.6. The molecule has 8 heteroatoms. The molecule has 1 saturated heterocycles. The fourth-order valence-electron chi connectivity index (χ4n) is 2.37. The number of nitrogens with one attached hydrogen (secondary N) is 1. The Kier molecular flexibility index (Phi) is 4.69. The van der Waals surface area contributed by atoms with Crippen LogP contribution in [-0.2, 0) is 4.74 Å². The van der Waals surface area contributed by atoms with Crippen molar-refractivity contribution in [1.29, 1.82) is 0 Å². The van der Waals surface area contributed by atoms with Gasteiger partial charge in [0.25, 0.3) is 0 Å². The number of hydrogen-bond donors (Lipinski definition) is 2. The molecule has 1 atom stereocenters. The number of pyridine rings is 1. The Balaban J connectivity index is 2.18. The zero-order chi connectivity index (χ0) is 15.4. The average molecular weight is 295 g/mol. The molecule has 2 heterocycles. The summed E-state index contributed by atoms with van der Waals surface area (Å²) in [6.07, 6.45) is 2.89. The molecule has 1 aromatic rings. The Bertz CT molecular complexity index is 543. The van der Waals surface area contributed by atoms with Gasteiger partial charge in [-0.15, -0.1) is 0 Å². The molecule has 0 amide bonds. The molecule has 0 saturated carbocycles. The molecule has 8 nitrogen and oxygen atoms in total. The van der Waals surface area contributed by atoms with E-state index in [-0.39, 0.29) is 23.1 Å². The number of nitro groups is 1. The number of rotatable bonds is 5. The van der Waals surface area contributed by atoms with E-state index in [9.17, 15) is 14.9 Å². The van der Waals surface area contributed by atoms with Gasteiger partial charge in [-0.1, -0.05) is 0 Å². The molecule has 21 heavy (non-hydrogen) atoms. The van der Waals surface area contributed by atoms with Crippen LogP contribution < -0.4 is 5.32 Å². The topological polar surface area (TPSA) is 115 Å². The summed E-state index contributed by atoms with van der Waals surface area (Å²) in [4.78, 5) is 25.2. The largest absolute Gasteiger partial charge is 0.478 e. The Labute approximate surface area is 121 Å². The van der Waals surface area contributed by atoms with Crippen molar-refractivity contribution in [3.05, 3.63) is 27.9 Å². The molecule has 1 aromatic heterocycles. The number of hydrogen-bond acceptors (Lipinski definition) is 6. The molecular formula is C13H17N3O5. The SMILES string of the molecule is CC(Nc1ncc(C(=O)O)cc1[N+](=O)[O-])C1CCOCC1. The molecule has 0 aliphatic carbocycles. The minimum absolute atomic E-state index is 0.00391. The predicted octanol–water partition coefficient (Wildman–Crippen LogP) is 1.91. The van der Waals surface area contributed by atoms with Crippen molar-refractivity contribution in [2.75, 3.05) is 18.5 Å². The summed E-state index contributed by atoms with van der Waals surface area (Å²) in [7, 11) is 0. The van der Waals surface area contributed by atoms with Crippen LogP contribution in [0.5, 0.6) is 0 Å². The van der Waals surface area contributed by atoms with Crippen molar-refractivity contribution in [2.24, 2.45) is 5.92 Å². The second kappa shape index (κ2) is 6.49. The van der Waals surface area contributed by atoms with Crippen LogP contribution in [0.2, 0.25) is 0 Å². The number of carboxylic acids is 1. The third kappa shape index (κ3) is 3.66. The van der Waals surface area contributed by atoms with Crippen LogP contribution in [0.25, 0.3) is 0 Å². The van der Waals surface area contributed by atoms with Gasteiger partial charge in [0.1, 0.15) is 0 Å². The van der Waals surface area contributed by atoms with Gasteiger partial charge in [0.05, 0.1) is 10.5 Å². The lowest BCUT2D eigenvalue weighted by Gasteiger charge is -2.28. The molecule has 1 fully saturated rings. The number of carbonyl (C=O) groups is 1. The van der Waals surface area contributed by atoms with E-state index in [4.69, 9.17) is 9.84 Å². The third-order valence-corrected chi connectivity index (χ3v) is 3.65. The smallest absolute Gasteiger partial charge is 0.337 e. The molecule has 1 unspecified atom stereocenters. The zero-order valence-electron chi connectivity index (χ0n) is 11.6. The monoisotopic (exact) mass is 295 g/mol. The number of aromatic nitrogens is 1. The minimum Gasteiger partial charge on any atom is -0.478 e. The Hall–Kier alpha value is -2.22. The first-order chi connectivity index (χ1) is 9.99. The van der Waals surface area contributed by atoms with E-state index in [0.717, 1.165) is 25.1 Å². The van der Waals surface area contributed by atoms with E-state index in [1.54, 1.807) is 0 Å². The maximum Gasteiger partial charge on any atom is 0.337 e. The number of nitrogens with zero attached hydrogens (tertiary/aromatic N) is 2. The highest BCUT2D eigenvalue weighted by molar-refractivity contribution is 5.88. The fourth-order valence-corrected chi connectivity index (χ4v) is 2.37. The number of anilines is 1. The zero-order valence-corrected chi connectivity index (χ0v) is 11.6. The number of ether oxygens (including phenoxy) is 1. The first kappa shape index (κ1) is 15.2. The van der Waals surface area contributed by atoms with E-state index >= 15 is 0 Å². The molecule has 2 rings (SSSR count). The molecule has 1 aliphatic rings. The van der Waals surface area contributed by atoms with Gasteiger partial charge in [-0.2, -0.15) is 0 Å². The first-order valence-corrected chi connectivity index (χ1v) is 6.71. The third-order valence-electron chi connectivity index (χ3n) is 3.65. The van der Waals surface area contributed by atoms with Gasteiger partial charge < -0.3 is 15.2 Å². The predicted molar refractivity (Wildman–Crippen MR) is 74.5 cm³/mol. The molecule has 0 bridgehead atoms. The van der Waals surface area contributed by atoms with Crippen molar-refractivity contribution in [1.82, 2.24) is 4.98 Å². The molecule has 1 aliphatic heterocycles. The van der Waals surface area contributed by atoms with Crippen LogP contribution >= 0.6 is 0 Å². The lowest BCUT2D eigenvalue weighted by Crippen LogP contribution is -2.31. The standard InChI is InChI=1S/C13H17N3O5/c1-8(9-2-4-21-5-3-9)15-12-11(16(19)20)6-10(7-14-12)13(17)18/h6-9H,2-5H2,1H3,(H,14,15)(H,17,18). The lowest BCUT2D eigenvalue weighted by atomic mass is 9.93. The van der Waals surface area contributed by atoms with Crippen molar-refractivity contribution in [3.63, 3.8) is 0 Å². The van der Waals surface area contributed by atoms with Gasteiger partial charge in [0.2, 0.25) is 5.82 Å². The van der Waals surface area contributed by atoms with Crippen molar-refractivity contribution in [2.45, 2.75) is 25.8 Å². The van der Waals surface area contributed by atoms with Gasteiger partial charge in [-0.05, 0) is 25.7 Å². The normalized spacial score (nSPS) is 17.2. The van der Waals surface area contributed by atoms with Crippen LogP contribution in [-0.4, -0.2) is 40.2 Å². The molecule has 0 spiro atoms. The Morgan fingerprint density at radius 3 is 2.81 bits per heavy atom. The summed E-state index contributed by atoms with van der Waals surface area (Å²) in [5.74, 6) is -0.794. The summed E-state index contributed by atoms with van der Waals surface area (Å²) in [6, 6.07) is 1.02. The maximum atomic E-state index is 11.1. The van der Waals surface area contributed by atoms with Gasteiger partial charge >= 0.3 is 11.7 Å². The molecule has 0 radical (unpaired) electrons. The second-order valence-electron chi connectivity index (χ2n) is 5.04. The van der Waals surface area contributed by atoms with E-state index in [1.165, 1.54) is 0 Å². The summed E-state index contributed by atoms with van der Waals surface area (Å²) in [5.41, 5.74) is -0.528. The van der Waals surface area contributed by atoms with Crippen molar-refractivity contribution >= 4 is 17.5 Å². The maximum absolute atomic E-state index is 11.1. The van der Waals surface area contributed by atoms with Crippen LogP contribution in [0.15, 0.2) is 12.3 Å². The van der Waals surface area contributed by atoms with E-state index in [2.05, 4.69) is 10.3 Å². The highest BCUT2D eigenvalue weighted by Crippen LogP contribution is 2.27.